The molecule has 2 N–H and O–H groups in total. The van der Waals surface area contributed by atoms with Gasteiger partial charge in [0.05, 0.1) is 5.52 Å². The van der Waals surface area contributed by atoms with Crippen molar-refractivity contribution in [3.05, 3.63) is 28.4 Å². The van der Waals surface area contributed by atoms with E-state index in [0.29, 0.717) is 0 Å². The van der Waals surface area contributed by atoms with Crippen LogP contribution >= 0.6 is 15.9 Å². The van der Waals surface area contributed by atoms with Gasteiger partial charge in [0.1, 0.15) is 4.60 Å². The van der Waals surface area contributed by atoms with Gasteiger partial charge >= 0.3 is 0 Å². The molecule has 0 spiro atoms. The largest absolute Gasteiger partial charge is 0.324 e. The Morgan fingerprint density at radius 3 is 2.87 bits per heavy atom. The maximum atomic E-state index is 5.92. The van der Waals surface area contributed by atoms with Crippen LogP contribution in [-0.4, -0.2) is 9.78 Å². The van der Waals surface area contributed by atoms with Gasteiger partial charge in [0.15, 0.2) is 0 Å². The van der Waals surface area contributed by atoms with E-state index >= 15 is 0 Å². The highest BCUT2D eigenvalue weighted by molar-refractivity contribution is 9.10. The van der Waals surface area contributed by atoms with E-state index in [1.807, 2.05) is 23.7 Å². The van der Waals surface area contributed by atoms with Gasteiger partial charge in [-0.3, -0.25) is 4.68 Å². The Kier molecular flexibility index (Phi) is 2.80. The van der Waals surface area contributed by atoms with Gasteiger partial charge in [-0.2, -0.15) is 5.10 Å². The first-order chi connectivity index (χ1) is 7.15. The highest BCUT2D eigenvalue weighted by atomic mass is 79.9. The molecule has 3 nitrogen and oxygen atoms in total. The van der Waals surface area contributed by atoms with Crippen molar-refractivity contribution in [3.63, 3.8) is 0 Å². The summed E-state index contributed by atoms with van der Waals surface area (Å²) in [6.45, 7) is 4.91. The molecule has 0 aliphatic heterocycles. The number of hydrogen-bond acceptors (Lipinski definition) is 2. The van der Waals surface area contributed by atoms with Crippen molar-refractivity contribution in [1.29, 1.82) is 0 Å². The Bertz CT molecular complexity index is 488. The second-order valence-electron chi connectivity index (χ2n) is 3.64. The molecule has 1 heterocycles. The minimum absolute atomic E-state index is 0.0146. The SMILES string of the molecule is CCn1nc2c(C(C)N)cccc2c1Br. The summed E-state index contributed by atoms with van der Waals surface area (Å²) in [6, 6.07) is 6.13. The highest BCUT2D eigenvalue weighted by Crippen LogP contribution is 2.28. The van der Waals surface area contributed by atoms with E-state index in [1.165, 1.54) is 0 Å². The zero-order chi connectivity index (χ0) is 11.0. The Morgan fingerprint density at radius 1 is 1.53 bits per heavy atom. The topological polar surface area (TPSA) is 43.8 Å². The lowest BCUT2D eigenvalue weighted by Gasteiger charge is -2.04. The Hall–Kier alpha value is -0.870. The summed E-state index contributed by atoms with van der Waals surface area (Å²) >= 11 is 3.55. The normalized spacial score (nSPS) is 13.3. The molecule has 0 bridgehead atoms. The number of nitrogens with zero attached hydrogens (tertiary/aromatic N) is 2. The van der Waals surface area contributed by atoms with Crippen LogP contribution in [-0.2, 0) is 6.54 Å². The molecular weight excluding hydrogens is 254 g/mol. The van der Waals surface area contributed by atoms with Gasteiger partial charge < -0.3 is 5.73 Å². The maximum absolute atomic E-state index is 5.92. The lowest BCUT2D eigenvalue weighted by molar-refractivity contribution is 0.651. The minimum Gasteiger partial charge on any atom is -0.324 e. The molecular formula is C11H14BrN3. The van der Waals surface area contributed by atoms with Crippen LogP contribution in [0.15, 0.2) is 22.8 Å². The van der Waals surface area contributed by atoms with E-state index in [0.717, 1.165) is 27.6 Å². The van der Waals surface area contributed by atoms with Crippen LogP contribution in [0.4, 0.5) is 0 Å². The zero-order valence-electron chi connectivity index (χ0n) is 8.87. The van der Waals surface area contributed by atoms with Crippen molar-refractivity contribution < 1.29 is 0 Å². The monoisotopic (exact) mass is 267 g/mol. The van der Waals surface area contributed by atoms with Crippen LogP contribution in [0.5, 0.6) is 0 Å². The fourth-order valence-corrected chi connectivity index (χ4v) is 2.37. The average molecular weight is 268 g/mol. The van der Waals surface area contributed by atoms with E-state index in [-0.39, 0.29) is 6.04 Å². The summed E-state index contributed by atoms with van der Waals surface area (Å²) in [5.41, 5.74) is 8.01. The van der Waals surface area contributed by atoms with E-state index in [2.05, 4.69) is 34.0 Å². The van der Waals surface area contributed by atoms with Crippen LogP contribution in [0.2, 0.25) is 0 Å². The Morgan fingerprint density at radius 2 is 2.27 bits per heavy atom. The number of aryl methyl sites for hydroxylation is 1. The maximum Gasteiger partial charge on any atom is 0.111 e. The van der Waals surface area contributed by atoms with Crippen molar-refractivity contribution in [2.24, 2.45) is 5.73 Å². The Labute approximate surface area is 97.4 Å². The third-order valence-corrected chi connectivity index (χ3v) is 3.36. The van der Waals surface area contributed by atoms with E-state index in [1.54, 1.807) is 0 Å². The van der Waals surface area contributed by atoms with Crippen molar-refractivity contribution in [1.82, 2.24) is 9.78 Å². The van der Waals surface area contributed by atoms with Gasteiger partial charge in [-0.05, 0) is 35.3 Å². The van der Waals surface area contributed by atoms with Crippen molar-refractivity contribution in [2.75, 3.05) is 0 Å². The smallest absolute Gasteiger partial charge is 0.111 e. The van der Waals surface area contributed by atoms with E-state index in [4.69, 9.17) is 5.73 Å². The molecule has 2 aromatic rings. The number of aromatic nitrogens is 2. The molecule has 4 heteroatoms. The molecule has 0 saturated heterocycles. The van der Waals surface area contributed by atoms with Crippen molar-refractivity contribution >= 4 is 26.8 Å². The fraction of sp³-hybridized carbons (Fsp3) is 0.364. The third-order valence-electron chi connectivity index (χ3n) is 2.53. The first-order valence-corrected chi connectivity index (χ1v) is 5.85. The van der Waals surface area contributed by atoms with Crippen LogP contribution in [0.1, 0.15) is 25.5 Å². The quantitative estimate of drug-likeness (QED) is 0.910. The zero-order valence-corrected chi connectivity index (χ0v) is 10.5. The average Bonchev–Trinajstić information content (AvgIpc) is 2.55. The van der Waals surface area contributed by atoms with Crippen molar-refractivity contribution in [3.8, 4) is 0 Å². The second-order valence-corrected chi connectivity index (χ2v) is 4.39. The highest BCUT2D eigenvalue weighted by Gasteiger charge is 2.12. The molecule has 15 heavy (non-hydrogen) atoms. The predicted molar refractivity (Wildman–Crippen MR) is 65.7 cm³/mol. The van der Waals surface area contributed by atoms with E-state index < -0.39 is 0 Å². The van der Waals surface area contributed by atoms with Crippen molar-refractivity contribution in [2.45, 2.75) is 26.4 Å². The molecule has 80 valence electrons. The molecule has 1 atom stereocenters. The van der Waals surface area contributed by atoms with Gasteiger partial charge in [0.25, 0.3) is 0 Å². The van der Waals surface area contributed by atoms with E-state index in [9.17, 15) is 0 Å². The molecule has 0 saturated carbocycles. The van der Waals surface area contributed by atoms with Gasteiger partial charge in [0.2, 0.25) is 0 Å². The van der Waals surface area contributed by atoms with Gasteiger partial charge in [-0.1, -0.05) is 18.2 Å². The lowest BCUT2D eigenvalue weighted by atomic mass is 10.1. The van der Waals surface area contributed by atoms with Gasteiger partial charge in [-0.15, -0.1) is 0 Å². The van der Waals surface area contributed by atoms with Crippen LogP contribution in [0.25, 0.3) is 10.9 Å². The van der Waals surface area contributed by atoms with Crippen LogP contribution < -0.4 is 5.73 Å². The first kappa shape index (κ1) is 10.6. The molecule has 1 aromatic carbocycles. The summed E-state index contributed by atoms with van der Waals surface area (Å²) in [5.74, 6) is 0. The Balaban J connectivity index is 2.76. The molecule has 1 aromatic heterocycles. The number of hydrogen-bond donors (Lipinski definition) is 1. The lowest BCUT2D eigenvalue weighted by Crippen LogP contribution is -2.05. The second kappa shape index (κ2) is 3.94. The van der Waals surface area contributed by atoms with Gasteiger partial charge in [0, 0.05) is 18.0 Å². The fourth-order valence-electron chi connectivity index (χ4n) is 1.72. The molecule has 0 radical (unpaired) electrons. The first-order valence-electron chi connectivity index (χ1n) is 5.05. The molecule has 0 aliphatic carbocycles. The summed E-state index contributed by atoms with van der Waals surface area (Å²) in [4.78, 5) is 0. The summed E-state index contributed by atoms with van der Waals surface area (Å²) in [6.07, 6.45) is 0. The summed E-state index contributed by atoms with van der Waals surface area (Å²) < 4.78 is 2.97. The predicted octanol–water partition coefficient (Wildman–Crippen LogP) is 2.84. The number of halogens is 1. The number of nitrogens with two attached hydrogens (primary N) is 1. The van der Waals surface area contributed by atoms with Crippen LogP contribution in [0, 0.1) is 0 Å². The number of benzene rings is 1. The molecule has 2 rings (SSSR count). The van der Waals surface area contributed by atoms with Gasteiger partial charge in [-0.25, -0.2) is 0 Å². The molecule has 0 aliphatic rings. The minimum atomic E-state index is 0.0146. The number of fused-ring (bicyclic) bond motifs is 1. The molecule has 1 unspecified atom stereocenters. The summed E-state index contributed by atoms with van der Waals surface area (Å²) in [7, 11) is 0. The van der Waals surface area contributed by atoms with Crippen LogP contribution in [0.3, 0.4) is 0 Å². The molecule has 0 fully saturated rings. The number of rotatable bonds is 2. The summed E-state index contributed by atoms with van der Waals surface area (Å²) in [5, 5.41) is 5.67. The standard InChI is InChI=1S/C11H14BrN3/c1-3-15-11(12)9-6-4-5-8(7(2)13)10(9)14-15/h4-7H,3,13H2,1-2H3. The third kappa shape index (κ3) is 1.68. The molecule has 0 amide bonds.